The third-order valence-corrected chi connectivity index (χ3v) is 3.97. The fourth-order valence-electron chi connectivity index (χ4n) is 2.31. The van der Waals surface area contributed by atoms with Gasteiger partial charge in [-0.2, -0.15) is 11.8 Å². The number of rotatable bonds is 4. The van der Waals surface area contributed by atoms with E-state index in [1.165, 1.54) is 28.0 Å². The maximum Gasteiger partial charge on any atom is 0.0456 e. The lowest BCUT2D eigenvalue weighted by molar-refractivity contribution is 1.08. The van der Waals surface area contributed by atoms with Crippen LogP contribution in [-0.4, -0.2) is 16.4 Å². The first-order chi connectivity index (χ1) is 9.36. The summed E-state index contributed by atoms with van der Waals surface area (Å²) in [6, 6.07) is 17.2. The van der Waals surface area contributed by atoms with Crippen LogP contribution in [-0.2, 0) is 6.42 Å². The van der Waals surface area contributed by atoms with Gasteiger partial charge >= 0.3 is 0 Å². The van der Waals surface area contributed by atoms with Gasteiger partial charge in [-0.15, -0.1) is 0 Å². The number of aromatic nitrogens is 1. The Morgan fingerprint density at radius 3 is 2.58 bits per heavy atom. The summed E-state index contributed by atoms with van der Waals surface area (Å²) in [6.07, 6.45) is 7.75. The summed E-state index contributed by atoms with van der Waals surface area (Å²) in [4.78, 5) is 0. The molecule has 3 rings (SSSR count). The summed E-state index contributed by atoms with van der Waals surface area (Å²) < 4.78 is 2.23. The number of fused-ring (bicyclic) bond motifs is 1. The van der Waals surface area contributed by atoms with Crippen LogP contribution >= 0.6 is 11.8 Å². The smallest absolute Gasteiger partial charge is 0.0456 e. The minimum Gasteiger partial charge on any atom is -0.323 e. The number of pyridine rings is 1. The molecule has 0 unspecified atom stereocenters. The first-order valence-corrected chi connectivity index (χ1v) is 7.91. The van der Waals surface area contributed by atoms with Crippen molar-refractivity contribution in [3.05, 3.63) is 66.5 Å². The molecule has 0 fully saturated rings. The molecule has 0 amide bonds. The van der Waals surface area contributed by atoms with E-state index in [-0.39, 0.29) is 0 Å². The fourth-order valence-corrected chi connectivity index (χ4v) is 2.75. The Morgan fingerprint density at radius 1 is 0.947 bits per heavy atom. The van der Waals surface area contributed by atoms with Crippen molar-refractivity contribution < 1.29 is 0 Å². The number of thioether (sulfide) groups is 1. The monoisotopic (exact) mass is 267 g/mol. The fraction of sp³-hybridized carbons (Fsp3) is 0.176. The summed E-state index contributed by atoms with van der Waals surface area (Å²) in [5.41, 5.74) is 5.21. The van der Waals surface area contributed by atoms with Crippen molar-refractivity contribution >= 4 is 17.3 Å². The second-order valence-corrected chi connectivity index (χ2v) is 5.69. The summed E-state index contributed by atoms with van der Waals surface area (Å²) in [5.74, 6) is 1.18. The van der Waals surface area contributed by atoms with Gasteiger partial charge in [0.2, 0.25) is 0 Å². The van der Waals surface area contributed by atoms with Gasteiger partial charge in [-0.05, 0) is 41.7 Å². The van der Waals surface area contributed by atoms with Crippen LogP contribution < -0.4 is 0 Å². The van der Waals surface area contributed by atoms with Crippen LogP contribution in [0.2, 0.25) is 0 Å². The van der Waals surface area contributed by atoms with E-state index < -0.39 is 0 Å². The van der Waals surface area contributed by atoms with Crippen molar-refractivity contribution in [2.24, 2.45) is 0 Å². The third-order valence-electron chi connectivity index (χ3n) is 3.35. The van der Waals surface area contributed by atoms with Crippen molar-refractivity contribution in [3.8, 4) is 11.1 Å². The lowest BCUT2D eigenvalue weighted by Crippen LogP contribution is -1.91. The number of nitrogens with zero attached hydrogens (tertiary/aromatic N) is 1. The SMILES string of the molecule is CSCCc1ccc2cc(-c3ccccc3)cn2c1. The Balaban J connectivity index is 1.97. The Kier molecular flexibility index (Phi) is 3.60. The second-order valence-electron chi connectivity index (χ2n) is 4.71. The average Bonchev–Trinajstić information content (AvgIpc) is 2.89. The van der Waals surface area contributed by atoms with E-state index in [4.69, 9.17) is 0 Å². The minimum absolute atomic E-state index is 1.13. The number of benzene rings is 1. The zero-order chi connectivity index (χ0) is 13.1. The van der Waals surface area contributed by atoms with E-state index in [1.54, 1.807) is 0 Å². The predicted molar refractivity (Wildman–Crippen MR) is 84.9 cm³/mol. The van der Waals surface area contributed by atoms with Crippen molar-refractivity contribution in [1.29, 1.82) is 0 Å². The zero-order valence-electron chi connectivity index (χ0n) is 11.0. The molecule has 1 nitrogen and oxygen atoms in total. The topological polar surface area (TPSA) is 4.41 Å². The Bertz CT molecular complexity index is 670. The standard InChI is InChI=1S/C17H17NS/c1-19-10-9-14-7-8-17-11-16(13-18(17)12-14)15-5-3-2-4-6-15/h2-8,11-13H,9-10H2,1H3. The van der Waals surface area contributed by atoms with Crippen molar-refractivity contribution in [1.82, 2.24) is 4.40 Å². The van der Waals surface area contributed by atoms with Crippen molar-refractivity contribution in [2.45, 2.75) is 6.42 Å². The largest absolute Gasteiger partial charge is 0.323 e. The predicted octanol–water partition coefficient (Wildman–Crippen LogP) is 4.51. The van der Waals surface area contributed by atoms with Gasteiger partial charge in [0, 0.05) is 23.5 Å². The summed E-state index contributed by atoms with van der Waals surface area (Å²) in [5, 5.41) is 0. The molecule has 0 saturated heterocycles. The molecule has 2 heteroatoms. The molecule has 1 aromatic carbocycles. The number of hydrogen-bond acceptors (Lipinski definition) is 1. The summed E-state index contributed by atoms with van der Waals surface area (Å²) in [7, 11) is 0. The Hall–Kier alpha value is -1.67. The van der Waals surface area contributed by atoms with Crippen LogP contribution in [0.15, 0.2) is 60.9 Å². The van der Waals surface area contributed by atoms with Gasteiger partial charge in [0.05, 0.1) is 0 Å². The normalized spacial score (nSPS) is 11.0. The first-order valence-electron chi connectivity index (χ1n) is 6.52. The van der Waals surface area contributed by atoms with Gasteiger partial charge in [0.15, 0.2) is 0 Å². The van der Waals surface area contributed by atoms with E-state index in [9.17, 15) is 0 Å². The van der Waals surface area contributed by atoms with Crippen LogP contribution in [0.5, 0.6) is 0 Å². The maximum atomic E-state index is 2.25. The molecule has 96 valence electrons. The van der Waals surface area contributed by atoms with Gasteiger partial charge in [-0.1, -0.05) is 36.4 Å². The van der Waals surface area contributed by atoms with E-state index >= 15 is 0 Å². The molecular formula is C17H17NS. The quantitative estimate of drug-likeness (QED) is 0.673. The van der Waals surface area contributed by atoms with Gasteiger partial charge in [-0.3, -0.25) is 0 Å². The average molecular weight is 267 g/mol. The molecule has 19 heavy (non-hydrogen) atoms. The molecule has 0 N–H and O–H groups in total. The van der Waals surface area contributed by atoms with Crippen LogP contribution in [0.3, 0.4) is 0 Å². The molecule has 0 atom stereocenters. The molecule has 3 aromatic rings. The van der Waals surface area contributed by atoms with E-state index in [0.717, 1.165) is 6.42 Å². The number of hydrogen-bond donors (Lipinski definition) is 0. The molecule has 0 spiro atoms. The molecule has 2 aromatic heterocycles. The van der Waals surface area contributed by atoms with Crippen molar-refractivity contribution in [2.75, 3.05) is 12.0 Å². The van der Waals surface area contributed by atoms with Gasteiger partial charge in [0.25, 0.3) is 0 Å². The summed E-state index contributed by atoms with van der Waals surface area (Å²) in [6.45, 7) is 0. The van der Waals surface area contributed by atoms with E-state index in [0.29, 0.717) is 0 Å². The highest BCUT2D eigenvalue weighted by atomic mass is 32.2. The van der Waals surface area contributed by atoms with Crippen LogP contribution in [0.4, 0.5) is 0 Å². The lowest BCUT2D eigenvalue weighted by atomic mass is 10.1. The van der Waals surface area contributed by atoms with Gasteiger partial charge < -0.3 is 4.40 Å². The number of aryl methyl sites for hydroxylation is 1. The highest BCUT2D eigenvalue weighted by molar-refractivity contribution is 7.98. The second kappa shape index (κ2) is 5.54. The van der Waals surface area contributed by atoms with Gasteiger partial charge in [-0.25, -0.2) is 0 Å². The summed E-state index contributed by atoms with van der Waals surface area (Å²) >= 11 is 1.89. The molecule has 0 aliphatic carbocycles. The lowest BCUT2D eigenvalue weighted by Gasteiger charge is -2.01. The minimum atomic E-state index is 1.13. The van der Waals surface area contributed by atoms with Crippen LogP contribution in [0.1, 0.15) is 5.56 Å². The van der Waals surface area contributed by atoms with Crippen LogP contribution in [0, 0.1) is 0 Å². The molecule has 0 aliphatic heterocycles. The zero-order valence-corrected chi connectivity index (χ0v) is 11.9. The Morgan fingerprint density at radius 2 is 1.79 bits per heavy atom. The molecule has 0 radical (unpaired) electrons. The van der Waals surface area contributed by atoms with Crippen molar-refractivity contribution in [3.63, 3.8) is 0 Å². The first kappa shape index (κ1) is 12.4. The highest BCUT2D eigenvalue weighted by Crippen LogP contribution is 2.22. The molecule has 0 saturated carbocycles. The maximum absolute atomic E-state index is 2.25. The molecule has 0 bridgehead atoms. The molecular weight excluding hydrogens is 250 g/mol. The van der Waals surface area contributed by atoms with E-state index in [1.807, 2.05) is 11.8 Å². The van der Waals surface area contributed by atoms with Crippen LogP contribution in [0.25, 0.3) is 16.6 Å². The third kappa shape index (κ3) is 2.69. The molecule has 0 aliphatic rings. The van der Waals surface area contributed by atoms with E-state index in [2.05, 4.69) is 71.6 Å². The Labute approximate surface area is 118 Å². The van der Waals surface area contributed by atoms with Gasteiger partial charge in [0.1, 0.15) is 0 Å². The molecule has 2 heterocycles. The highest BCUT2D eigenvalue weighted by Gasteiger charge is 2.02.